The van der Waals surface area contributed by atoms with Crippen molar-refractivity contribution in [3.05, 3.63) is 42.0 Å². The Morgan fingerprint density at radius 3 is 1.93 bits per heavy atom. The van der Waals surface area contributed by atoms with Gasteiger partial charge in [-0.15, -0.1) is 0 Å². The summed E-state index contributed by atoms with van der Waals surface area (Å²) in [5.74, 6) is 0. The quantitative estimate of drug-likeness (QED) is 0.524. The summed E-state index contributed by atoms with van der Waals surface area (Å²) in [5, 5.41) is -4.06. The van der Waals surface area contributed by atoms with Crippen molar-refractivity contribution in [3.8, 4) is 0 Å². The zero-order chi connectivity index (χ0) is 10.8. The standard InChI is InChI=1S/C9H5ClF4/c10-9(13,14)7(8(11)12)6-4-2-1-3-5-6/h1-5H. The molecule has 0 bridgehead atoms. The van der Waals surface area contributed by atoms with Gasteiger partial charge >= 0.3 is 5.38 Å². The second-order valence-corrected chi connectivity index (χ2v) is 2.97. The molecular formula is C9H5ClF4. The average molecular weight is 225 g/mol. The minimum atomic E-state index is -4.06. The van der Waals surface area contributed by atoms with E-state index in [0.717, 1.165) is 12.1 Å². The molecule has 1 aromatic rings. The first-order valence-electron chi connectivity index (χ1n) is 3.61. The van der Waals surface area contributed by atoms with E-state index in [-0.39, 0.29) is 5.56 Å². The fraction of sp³-hybridized carbons (Fsp3) is 0.111. The summed E-state index contributed by atoms with van der Waals surface area (Å²) < 4.78 is 49.5. The largest absolute Gasteiger partial charge is 0.354 e. The fourth-order valence-corrected chi connectivity index (χ4v) is 1.17. The molecule has 76 valence electrons. The topological polar surface area (TPSA) is 0 Å². The van der Waals surface area contributed by atoms with E-state index in [9.17, 15) is 17.6 Å². The number of halogens is 5. The zero-order valence-electron chi connectivity index (χ0n) is 6.78. The van der Waals surface area contributed by atoms with Gasteiger partial charge in [0.05, 0.1) is 0 Å². The molecule has 0 aliphatic carbocycles. The number of hydrogen-bond acceptors (Lipinski definition) is 0. The Morgan fingerprint density at radius 2 is 1.57 bits per heavy atom. The van der Waals surface area contributed by atoms with Gasteiger partial charge in [0.15, 0.2) is 0 Å². The van der Waals surface area contributed by atoms with Gasteiger partial charge in [-0.25, -0.2) is 0 Å². The normalized spacial score (nSPS) is 11.2. The SMILES string of the molecule is FC(F)=C(c1ccccc1)C(F)(F)Cl. The second-order valence-electron chi connectivity index (χ2n) is 2.50. The first-order valence-corrected chi connectivity index (χ1v) is 3.98. The highest BCUT2D eigenvalue weighted by Crippen LogP contribution is 2.38. The van der Waals surface area contributed by atoms with Crippen molar-refractivity contribution in [2.24, 2.45) is 0 Å². The van der Waals surface area contributed by atoms with Gasteiger partial charge in [0, 0.05) is 0 Å². The van der Waals surface area contributed by atoms with Crippen LogP contribution in [0, 0.1) is 0 Å². The van der Waals surface area contributed by atoms with Gasteiger partial charge in [-0.1, -0.05) is 30.3 Å². The van der Waals surface area contributed by atoms with Crippen LogP contribution in [0.4, 0.5) is 17.6 Å². The minimum absolute atomic E-state index is 0.285. The van der Waals surface area contributed by atoms with Crippen LogP contribution in [-0.4, -0.2) is 5.38 Å². The summed E-state index contributed by atoms with van der Waals surface area (Å²) in [6.07, 6.45) is -2.48. The van der Waals surface area contributed by atoms with Gasteiger partial charge in [-0.3, -0.25) is 0 Å². The molecule has 1 aromatic carbocycles. The summed E-state index contributed by atoms with van der Waals surface area (Å²) in [6, 6.07) is 6.57. The predicted molar refractivity (Wildman–Crippen MR) is 46.4 cm³/mol. The van der Waals surface area contributed by atoms with Crippen LogP contribution in [0.1, 0.15) is 5.56 Å². The van der Waals surface area contributed by atoms with Crippen molar-refractivity contribution < 1.29 is 17.6 Å². The Balaban J connectivity index is 3.24. The Hall–Kier alpha value is -1.03. The molecule has 0 heterocycles. The molecule has 5 heteroatoms. The van der Waals surface area contributed by atoms with E-state index in [4.69, 9.17) is 0 Å². The molecule has 0 atom stereocenters. The zero-order valence-corrected chi connectivity index (χ0v) is 7.53. The highest BCUT2D eigenvalue weighted by atomic mass is 35.5. The van der Waals surface area contributed by atoms with Crippen LogP contribution in [0.3, 0.4) is 0 Å². The van der Waals surface area contributed by atoms with Crippen LogP contribution in [0.15, 0.2) is 36.4 Å². The van der Waals surface area contributed by atoms with E-state index >= 15 is 0 Å². The Morgan fingerprint density at radius 1 is 1.07 bits per heavy atom. The van der Waals surface area contributed by atoms with Gasteiger partial charge in [0.25, 0.3) is 6.08 Å². The summed E-state index contributed by atoms with van der Waals surface area (Å²) in [5.41, 5.74) is -1.73. The maximum Gasteiger partial charge on any atom is 0.354 e. The molecule has 1 rings (SSSR count). The Labute approximate surface area is 82.8 Å². The van der Waals surface area contributed by atoms with E-state index in [0.29, 0.717) is 0 Å². The lowest BCUT2D eigenvalue weighted by Crippen LogP contribution is -2.09. The summed E-state index contributed by atoms with van der Waals surface area (Å²) in [6.45, 7) is 0. The van der Waals surface area contributed by atoms with E-state index < -0.39 is 17.0 Å². The van der Waals surface area contributed by atoms with Crippen LogP contribution in [0.2, 0.25) is 0 Å². The number of rotatable bonds is 2. The third-order valence-electron chi connectivity index (χ3n) is 1.53. The number of alkyl halides is 3. The monoisotopic (exact) mass is 224 g/mol. The predicted octanol–water partition coefficient (Wildman–Crippen LogP) is 4.13. The molecule has 0 N–H and O–H groups in total. The summed E-state index contributed by atoms with van der Waals surface area (Å²) in [4.78, 5) is 0. The summed E-state index contributed by atoms with van der Waals surface area (Å²) in [7, 11) is 0. The third-order valence-corrected chi connectivity index (χ3v) is 1.72. The van der Waals surface area contributed by atoms with Crippen molar-refractivity contribution in [3.63, 3.8) is 0 Å². The maximum absolute atomic E-state index is 12.6. The average Bonchev–Trinajstić information content (AvgIpc) is 2.02. The van der Waals surface area contributed by atoms with Crippen molar-refractivity contribution >= 4 is 17.2 Å². The lowest BCUT2D eigenvalue weighted by atomic mass is 10.1. The van der Waals surface area contributed by atoms with Crippen LogP contribution < -0.4 is 0 Å². The van der Waals surface area contributed by atoms with Crippen LogP contribution in [-0.2, 0) is 0 Å². The third kappa shape index (κ3) is 2.48. The molecule has 0 radical (unpaired) electrons. The summed E-state index contributed by atoms with van der Waals surface area (Å²) >= 11 is 4.56. The number of allylic oxidation sites excluding steroid dienone is 1. The molecule has 0 aliphatic heterocycles. The molecular weight excluding hydrogens is 220 g/mol. The van der Waals surface area contributed by atoms with Crippen LogP contribution >= 0.6 is 11.6 Å². The van der Waals surface area contributed by atoms with Gasteiger partial charge in [-0.2, -0.15) is 17.6 Å². The van der Waals surface area contributed by atoms with E-state index in [1.165, 1.54) is 18.2 Å². The molecule has 0 aromatic heterocycles. The van der Waals surface area contributed by atoms with Crippen molar-refractivity contribution in [1.82, 2.24) is 0 Å². The number of benzene rings is 1. The van der Waals surface area contributed by atoms with E-state index in [1.54, 1.807) is 0 Å². The maximum atomic E-state index is 12.6. The van der Waals surface area contributed by atoms with Crippen molar-refractivity contribution in [2.45, 2.75) is 5.38 Å². The second kappa shape index (κ2) is 4.00. The van der Waals surface area contributed by atoms with Crippen LogP contribution in [0.25, 0.3) is 5.57 Å². The van der Waals surface area contributed by atoms with Crippen molar-refractivity contribution in [2.75, 3.05) is 0 Å². The van der Waals surface area contributed by atoms with Gasteiger partial charge in [0.2, 0.25) is 0 Å². The van der Waals surface area contributed by atoms with Gasteiger partial charge < -0.3 is 0 Å². The Kier molecular flexibility index (Phi) is 3.16. The molecule has 0 fully saturated rings. The van der Waals surface area contributed by atoms with Gasteiger partial charge in [0.1, 0.15) is 5.57 Å². The highest BCUT2D eigenvalue weighted by Gasteiger charge is 2.36. The first kappa shape index (κ1) is 11.0. The molecule has 0 spiro atoms. The molecule has 0 aliphatic rings. The highest BCUT2D eigenvalue weighted by molar-refractivity contribution is 6.27. The van der Waals surface area contributed by atoms with E-state index in [2.05, 4.69) is 11.6 Å². The molecule has 0 saturated heterocycles. The Bertz CT molecular complexity index is 336. The lowest BCUT2D eigenvalue weighted by molar-refractivity contribution is 0.159. The molecule has 14 heavy (non-hydrogen) atoms. The first-order chi connectivity index (χ1) is 6.43. The molecule has 0 unspecified atom stereocenters. The lowest BCUT2D eigenvalue weighted by Gasteiger charge is -2.11. The number of hydrogen-bond donors (Lipinski definition) is 0. The minimum Gasteiger partial charge on any atom is -0.183 e. The van der Waals surface area contributed by atoms with Crippen molar-refractivity contribution in [1.29, 1.82) is 0 Å². The molecule has 0 saturated carbocycles. The van der Waals surface area contributed by atoms with Gasteiger partial charge in [-0.05, 0) is 17.2 Å². The smallest absolute Gasteiger partial charge is 0.183 e. The van der Waals surface area contributed by atoms with E-state index in [1.807, 2.05) is 0 Å². The van der Waals surface area contributed by atoms with Crippen LogP contribution in [0.5, 0.6) is 0 Å². The molecule has 0 nitrogen and oxygen atoms in total. The molecule has 0 amide bonds. The fourth-order valence-electron chi connectivity index (χ4n) is 0.985.